The molecule has 144 valence electrons. The molecule has 0 spiro atoms. The van der Waals surface area contributed by atoms with Gasteiger partial charge in [0.15, 0.2) is 0 Å². The van der Waals surface area contributed by atoms with E-state index in [-0.39, 0.29) is 11.9 Å². The van der Waals surface area contributed by atoms with E-state index in [0.29, 0.717) is 18.7 Å². The van der Waals surface area contributed by atoms with E-state index in [9.17, 15) is 9.59 Å². The molecule has 1 atom stereocenters. The van der Waals surface area contributed by atoms with Crippen molar-refractivity contribution in [3.05, 3.63) is 57.8 Å². The Morgan fingerprint density at radius 2 is 1.89 bits per heavy atom. The van der Waals surface area contributed by atoms with Gasteiger partial charge in [-0.05, 0) is 29.1 Å². The van der Waals surface area contributed by atoms with Crippen molar-refractivity contribution in [3.63, 3.8) is 0 Å². The average molecular weight is 388 g/mol. The van der Waals surface area contributed by atoms with Gasteiger partial charge in [0.25, 0.3) is 5.91 Å². The Hall–Kier alpha value is -2.42. The maximum Gasteiger partial charge on any atom is 0.312 e. The van der Waals surface area contributed by atoms with E-state index in [1.165, 1.54) is 4.88 Å². The highest BCUT2D eigenvalue weighted by Gasteiger charge is 2.24. The second-order valence-electron chi connectivity index (χ2n) is 6.30. The molecule has 1 aliphatic heterocycles. The molecular formula is C19H24N4O3S. The van der Waals surface area contributed by atoms with Gasteiger partial charge in [0, 0.05) is 36.6 Å². The summed E-state index contributed by atoms with van der Waals surface area (Å²) in [5.74, 6) is -0.112. The number of rotatable bonds is 7. The van der Waals surface area contributed by atoms with Crippen LogP contribution in [0.1, 0.15) is 26.8 Å². The van der Waals surface area contributed by atoms with Crippen LogP contribution in [0.15, 0.2) is 41.8 Å². The number of hydrogen-bond acceptors (Lipinski definition) is 5. The zero-order valence-corrected chi connectivity index (χ0v) is 15.8. The topological polar surface area (TPSA) is 96.7 Å². The van der Waals surface area contributed by atoms with Crippen molar-refractivity contribution in [3.8, 4) is 0 Å². The molecule has 2 heterocycles. The van der Waals surface area contributed by atoms with Crippen LogP contribution >= 0.6 is 11.3 Å². The van der Waals surface area contributed by atoms with Gasteiger partial charge in [-0.2, -0.15) is 0 Å². The highest BCUT2D eigenvalue weighted by atomic mass is 32.1. The van der Waals surface area contributed by atoms with Crippen LogP contribution in [0.3, 0.4) is 0 Å². The monoisotopic (exact) mass is 388 g/mol. The molecule has 0 saturated carbocycles. The molecule has 3 rings (SSSR count). The Balaban J connectivity index is 1.59. The number of thiophene rings is 1. The molecule has 4 N–H and O–H groups in total. The summed E-state index contributed by atoms with van der Waals surface area (Å²) in [4.78, 5) is 26.9. The van der Waals surface area contributed by atoms with Gasteiger partial charge in [0.2, 0.25) is 0 Å². The first kappa shape index (κ1) is 19.3. The lowest BCUT2D eigenvalue weighted by Crippen LogP contribution is -2.43. The van der Waals surface area contributed by atoms with Crippen LogP contribution in [0, 0.1) is 0 Å². The van der Waals surface area contributed by atoms with Crippen LogP contribution in [0.2, 0.25) is 0 Å². The molecule has 27 heavy (non-hydrogen) atoms. The van der Waals surface area contributed by atoms with Crippen LogP contribution < -0.4 is 16.4 Å². The Bertz CT molecular complexity index is 743. The number of nitrogens with zero attached hydrogens (tertiary/aromatic N) is 1. The molecule has 1 aromatic carbocycles. The third-order valence-electron chi connectivity index (χ3n) is 4.50. The molecule has 1 aliphatic rings. The minimum absolute atomic E-state index is 0.112. The third-order valence-corrected chi connectivity index (χ3v) is 5.47. The van der Waals surface area contributed by atoms with Crippen molar-refractivity contribution >= 4 is 23.3 Å². The maximum absolute atomic E-state index is 12.5. The van der Waals surface area contributed by atoms with Crippen molar-refractivity contribution in [2.45, 2.75) is 12.6 Å². The number of ether oxygens (including phenoxy) is 1. The van der Waals surface area contributed by atoms with Crippen LogP contribution in [0.25, 0.3) is 0 Å². The quantitative estimate of drug-likeness (QED) is 0.673. The first-order valence-electron chi connectivity index (χ1n) is 8.89. The van der Waals surface area contributed by atoms with E-state index >= 15 is 0 Å². The van der Waals surface area contributed by atoms with Crippen LogP contribution in [0.5, 0.6) is 0 Å². The predicted octanol–water partition coefficient (Wildman–Crippen LogP) is 1.72. The van der Waals surface area contributed by atoms with Gasteiger partial charge in [-0.15, -0.1) is 11.3 Å². The van der Waals surface area contributed by atoms with E-state index < -0.39 is 6.03 Å². The van der Waals surface area contributed by atoms with E-state index in [2.05, 4.69) is 27.0 Å². The van der Waals surface area contributed by atoms with Crippen molar-refractivity contribution in [2.24, 2.45) is 5.73 Å². The summed E-state index contributed by atoms with van der Waals surface area (Å²) in [5.41, 5.74) is 6.53. The summed E-state index contributed by atoms with van der Waals surface area (Å²) in [6.07, 6.45) is 0. The SMILES string of the molecule is NC(=O)NCc1ccc(C(=O)NC[C@H](c2cccs2)N2CCOCC2)cc1. The number of carbonyl (C=O) groups is 2. The molecule has 0 unspecified atom stereocenters. The van der Waals surface area contributed by atoms with E-state index in [4.69, 9.17) is 10.5 Å². The summed E-state index contributed by atoms with van der Waals surface area (Å²) >= 11 is 1.70. The molecule has 1 saturated heterocycles. The van der Waals surface area contributed by atoms with Crippen LogP contribution in [-0.4, -0.2) is 49.7 Å². The normalized spacial score (nSPS) is 15.9. The highest BCUT2D eigenvalue weighted by molar-refractivity contribution is 7.10. The fraction of sp³-hybridized carbons (Fsp3) is 0.368. The summed E-state index contributed by atoms with van der Waals surface area (Å²) in [5, 5.41) is 7.64. The summed E-state index contributed by atoms with van der Waals surface area (Å²) in [6.45, 7) is 4.05. The summed E-state index contributed by atoms with van der Waals surface area (Å²) in [7, 11) is 0. The van der Waals surface area contributed by atoms with E-state index in [1.54, 1.807) is 23.5 Å². The minimum Gasteiger partial charge on any atom is -0.379 e. The molecule has 0 aliphatic carbocycles. The number of primary amides is 1. The molecule has 1 aromatic heterocycles. The maximum atomic E-state index is 12.5. The highest BCUT2D eigenvalue weighted by Crippen LogP contribution is 2.25. The first-order valence-corrected chi connectivity index (χ1v) is 9.77. The molecule has 8 heteroatoms. The molecule has 2 aromatic rings. The number of nitrogens with one attached hydrogen (secondary N) is 2. The zero-order chi connectivity index (χ0) is 19.1. The van der Waals surface area contributed by atoms with Gasteiger partial charge in [-0.1, -0.05) is 18.2 Å². The van der Waals surface area contributed by atoms with Gasteiger partial charge in [-0.25, -0.2) is 4.79 Å². The van der Waals surface area contributed by atoms with Crippen LogP contribution in [0.4, 0.5) is 4.79 Å². The number of morpholine rings is 1. The number of nitrogens with two attached hydrogens (primary N) is 1. The Morgan fingerprint density at radius 1 is 1.15 bits per heavy atom. The Labute approximate surface area is 162 Å². The van der Waals surface area contributed by atoms with Crippen molar-refractivity contribution < 1.29 is 14.3 Å². The second kappa shape index (κ2) is 9.50. The Kier molecular flexibility index (Phi) is 6.80. The molecule has 7 nitrogen and oxygen atoms in total. The molecule has 3 amide bonds. The van der Waals surface area contributed by atoms with Gasteiger partial charge < -0.3 is 21.1 Å². The second-order valence-corrected chi connectivity index (χ2v) is 7.28. The first-order chi connectivity index (χ1) is 13.1. The van der Waals surface area contributed by atoms with Crippen molar-refractivity contribution in [2.75, 3.05) is 32.8 Å². The number of urea groups is 1. The lowest BCUT2D eigenvalue weighted by molar-refractivity contribution is 0.0169. The predicted molar refractivity (Wildman–Crippen MR) is 105 cm³/mol. The van der Waals surface area contributed by atoms with Crippen LogP contribution in [-0.2, 0) is 11.3 Å². The fourth-order valence-corrected chi connectivity index (χ4v) is 3.90. The molecule has 0 bridgehead atoms. The van der Waals surface area contributed by atoms with Crippen molar-refractivity contribution in [1.29, 1.82) is 0 Å². The van der Waals surface area contributed by atoms with Gasteiger partial charge in [-0.3, -0.25) is 9.69 Å². The number of carbonyl (C=O) groups excluding carboxylic acids is 2. The third kappa shape index (κ3) is 5.53. The van der Waals surface area contributed by atoms with E-state index in [0.717, 1.165) is 31.9 Å². The van der Waals surface area contributed by atoms with Gasteiger partial charge >= 0.3 is 6.03 Å². The zero-order valence-electron chi connectivity index (χ0n) is 15.0. The standard InChI is InChI=1S/C19H24N4O3S/c20-19(25)22-12-14-3-5-15(6-4-14)18(24)21-13-16(17-2-1-11-27-17)23-7-9-26-10-8-23/h1-6,11,16H,7-10,12-13H2,(H,21,24)(H3,20,22,25)/t16-/m1/s1. The number of amides is 3. The number of hydrogen-bond donors (Lipinski definition) is 3. The molecular weight excluding hydrogens is 364 g/mol. The Morgan fingerprint density at radius 3 is 2.52 bits per heavy atom. The lowest BCUT2D eigenvalue weighted by atomic mass is 10.1. The minimum atomic E-state index is -0.570. The van der Waals surface area contributed by atoms with Crippen molar-refractivity contribution in [1.82, 2.24) is 15.5 Å². The van der Waals surface area contributed by atoms with Gasteiger partial charge in [0.1, 0.15) is 0 Å². The average Bonchev–Trinajstić information content (AvgIpc) is 3.22. The largest absolute Gasteiger partial charge is 0.379 e. The fourth-order valence-electron chi connectivity index (χ4n) is 3.03. The molecule has 1 fully saturated rings. The molecule has 0 radical (unpaired) electrons. The summed E-state index contributed by atoms with van der Waals surface area (Å²) in [6, 6.07) is 10.8. The smallest absolute Gasteiger partial charge is 0.312 e. The van der Waals surface area contributed by atoms with E-state index in [1.807, 2.05) is 18.2 Å². The lowest BCUT2D eigenvalue weighted by Gasteiger charge is -2.34. The summed E-state index contributed by atoms with van der Waals surface area (Å²) < 4.78 is 5.45. The van der Waals surface area contributed by atoms with Gasteiger partial charge in [0.05, 0.1) is 19.3 Å². The number of benzene rings is 1.